The van der Waals surface area contributed by atoms with Crippen LogP contribution in [-0.2, 0) is 4.74 Å². The quantitative estimate of drug-likeness (QED) is 0.758. The number of pyridine rings is 1. The lowest BCUT2D eigenvalue weighted by atomic mass is 10.1. The second kappa shape index (κ2) is 6.89. The van der Waals surface area contributed by atoms with Crippen molar-refractivity contribution in [3.05, 3.63) is 36.0 Å². The maximum atomic E-state index is 11.8. The van der Waals surface area contributed by atoms with Crippen molar-refractivity contribution in [2.45, 2.75) is 0 Å². The largest absolute Gasteiger partial charge is 0.493 e. The highest BCUT2D eigenvalue weighted by atomic mass is 32.1. The number of benzene rings is 1. The van der Waals surface area contributed by atoms with E-state index in [0.717, 1.165) is 39.7 Å². The van der Waals surface area contributed by atoms with Gasteiger partial charge in [0.05, 0.1) is 26.5 Å². The molecule has 3 heterocycles. The van der Waals surface area contributed by atoms with Gasteiger partial charge in [-0.05, 0) is 6.07 Å². The van der Waals surface area contributed by atoms with Crippen LogP contribution in [0.2, 0.25) is 0 Å². The first-order chi connectivity index (χ1) is 12.7. The first-order valence-electron chi connectivity index (χ1n) is 8.24. The zero-order valence-corrected chi connectivity index (χ0v) is 15.1. The number of anilines is 1. The molecule has 0 unspecified atom stereocenters. The van der Waals surface area contributed by atoms with E-state index in [1.54, 1.807) is 25.4 Å². The molecule has 0 radical (unpaired) electrons. The summed E-state index contributed by atoms with van der Waals surface area (Å²) in [6, 6.07) is 7.22. The van der Waals surface area contributed by atoms with Gasteiger partial charge in [0.2, 0.25) is 5.91 Å². The van der Waals surface area contributed by atoms with Gasteiger partial charge < -0.3 is 20.1 Å². The minimum atomic E-state index is -0.474. The second-order valence-corrected chi connectivity index (χ2v) is 6.86. The number of fused-ring (bicyclic) bond motifs is 1. The summed E-state index contributed by atoms with van der Waals surface area (Å²) >= 11 is 1.49. The van der Waals surface area contributed by atoms with E-state index in [9.17, 15) is 4.79 Å². The predicted molar refractivity (Wildman–Crippen MR) is 101 cm³/mol. The predicted octanol–water partition coefficient (Wildman–Crippen LogP) is 2.30. The highest BCUT2D eigenvalue weighted by molar-refractivity contribution is 7.22. The number of morpholine rings is 1. The van der Waals surface area contributed by atoms with Crippen LogP contribution in [0.1, 0.15) is 10.4 Å². The van der Waals surface area contributed by atoms with Crippen molar-refractivity contribution < 1.29 is 14.3 Å². The molecule has 0 atom stereocenters. The maximum Gasteiger partial charge on any atom is 0.249 e. The molecule has 134 valence electrons. The molecule has 1 saturated heterocycles. The molecule has 0 aliphatic carbocycles. The zero-order chi connectivity index (χ0) is 18.1. The van der Waals surface area contributed by atoms with E-state index < -0.39 is 5.91 Å². The van der Waals surface area contributed by atoms with E-state index in [2.05, 4.69) is 9.88 Å². The van der Waals surface area contributed by atoms with Crippen LogP contribution >= 0.6 is 11.3 Å². The summed E-state index contributed by atoms with van der Waals surface area (Å²) < 4.78 is 11.8. The highest BCUT2D eigenvalue weighted by Gasteiger charge is 2.22. The lowest BCUT2D eigenvalue weighted by molar-refractivity contribution is 0.100. The van der Waals surface area contributed by atoms with Crippen molar-refractivity contribution in [2.24, 2.45) is 5.73 Å². The molecule has 2 N–H and O–H groups in total. The minimum Gasteiger partial charge on any atom is -0.493 e. The monoisotopic (exact) mass is 370 g/mol. The summed E-state index contributed by atoms with van der Waals surface area (Å²) in [7, 11) is 1.60. The fourth-order valence-corrected chi connectivity index (χ4v) is 4.16. The average molecular weight is 370 g/mol. The van der Waals surface area contributed by atoms with Crippen LogP contribution < -0.4 is 15.4 Å². The molecule has 8 heteroatoms. The number of nitrogens with two attached hydrogens (primary N) is 1. The van der Waals surface area contributed by atoms with Gasteiger partial charge in [-0.25, -0.2) is 9.97 Å². The topological polar surface area (TPSA) is 90.6 Å². The van der Waals surface area contributed by atoms with E-state index in [4.69, 9.17) is 20.2 Å². The maximum absolute atomic E-state index is 11.8. The van der Waals surface area contributed by atoms with Gasteiger partial charge in [0, 0.05) is 24.2 Å². The lowest BCUT2D eigenvalue weighted by Gasteiger charge is -2.28. The molecular weight excluding hydrogens is 352 g/mol. The van der Waals surface area contributed by atoms with Gasteiger partial charge in [0.15, 0.2) is 5.75 Å². The third kappa shape index (κ3) is 2.87. The third-order valence-electron chi connectivity index (χ3n) is 4.32. The van der Waals surface area contributed by atoms with Gasteiger partial charge in [0.25, 0.3) is 0 Å². The molecule has 0 bridgehead atoms. The summed E-state index contributed by atoms with van der Waals surface area (Å²) in [5.41, 5.74) is 7.44. The van der Waals surface area contributed by atoms with Gasteiger partial charge in [-0.2, -0.15) is 0 Å². The van der Waals surface area contributed by atoms with Crippen LogP contribution in [0.4, 0.5) is 5.82 Å². The fourth-order valence-electron chi connectivity index (χ4n) is 3.03. The number of thiazole rings is 1. The standard InChI is InChI=1S/C18H18N4O3S/c1-24-13-10-20-17(22-6-8-25-9-7-22)15-14(13)21-18(26-15)12-5-3-2-4-11(12)16(19)23/h2-5,10H,6-9H2,1H3,(H2,19,23). The minimum absolute atomic E-state index is 0.450. The Bertz CT molecular complexity index is 966. The van der Waals surface area contributed by atoms with Gasteiger partial charge >= 0.3 is 0 Å². The van der Waals surface area contributed by atoms with Crippen LogP contribution in [0, 0.1) is 0 Å². The van der Waals surface area contributed by atoms with Crippen LogP contribution in [0.5, 0.6) is 5.75 Å². The summed E-state index contributed by atoms with van der Waals surface area (Å²) in [6.07, 6.45) is 1.69. The molecule has 1 aromatic carbocycles. The Morgan fingerprint density at radius 1 is 1.31 bits per heavy atom. The number of carbonyl (C=O) groups excluding carboxylic acids is 1. The molecule has 1 aliphatic rings. The Balaban J connectivity index is 1.89. The fraction of sp³-hybridized carbons (Fsp3) is 0.278. The molecule has 0 saturated carbocycles. The van der Waals surface area contributed by atoms with E-state index in [-0.39, 0.29) is 0 Å². The lowest BCUT2D eigenvalue weighted by Crippen LogP contribution is -2.36. The number of aromatic nitrogens is 2. The SMILES string of the molecule is COc1cnc(N2CCOCC2)c2sc(-c3ccccc3C(N)=O)nc12. The Labute approximate surface area is 154 Å². The smallest absolute Gasteiger partial charge is 0.249 e. The zero-order valence-electron chi connectivity index (χ0n) is 14.3. The molecule has 0 spiro atoms. The Hall–Kier alpha value is -2.71. The third-order valence-corrected chi connectivity index (χ3v) is 5.41. The number of primary amides is 1. The van der Waals surface area contributed by atoms with Crippen molar-refractivity contribution in [1.29, 1.82) is 0 Å². The summed E-state index contributed by atoms with van der Waals surface area (Å²) in [6.45, 7) is 2.90. The number of methoxy groups -OCH3 is 1. The second-order valence-electron chi connectivity index (χ2n) is 5.86. The van der Waals surface area contributed by atoms with Crippen LogP contribution in [0.3, 0.4) is 0 Å². The molecule has 1 amide bonds. The number of nitrogens with zero attached hydrogens (tertiary/aromatic N) is 3. The van der Waals surface area contributed by atoms with E-state index in [0.29, 0.717) is 24.5 Å². The van der Waals surface area contributed by atoms with Gasteiger partial charge in [-0.15, -0.1) is 11.3 Å². The normalized spacial score (nSPS) is 14.6. The van der Waals surface area contributed by atoms with Crippen molar-refractivity contribution in [2.75, 3.05) is 38.3 Å². The van der Waals surface area contributed by atoms with E-state index in [1.165, 1.54) is 11.3 Å². The molecule has 26 heavy (non-hydrogen) atoms. The van der Waals surface area contributed by atoms with Crippen molar-refractivity contribution >= 4 is 33.3 Å². The first kappa shape index (κ1) is 16.7. The molecule has 1 fully saturated rings. The van der Waals surface area contributed by atoms with Crippen LogP contribution in [0.25, 0.3) is 20.8 Å². The first-order valence-corrected chi connectivity index (χ1v) is 9.06. The molecule has 4 rings (SSSR count). The van der Waals surface area contributed by atoms with Crippen molar-refractivity contribution in [1.82, 2.24) is 9.97 Å². The molecule has 2 aromatic heterocycles. The molecule has 1 aliphatic heterocycles. The average Bonchev–Trinajstić information content (AvgIpc) is 3.13. The van der Waals surface area contributed by atoms with Crippen LogP contribution in [0.15, 0.2) is 30.5 Å². The number of hydrogen-bond donors (Lipinski definition) is 1. The number of hydrogen-bond acceptors (Lipinski definition) is 7. The summed E-state index contributed by atoms with van der Waals surface area (Å²) in [5.74, 6) is 0.999. The molecule has 7 nitrogen and oxygen atoms in total. The Kier molecular flexibility index (Phi) is 4.44. The van der Waals surface area contributed by atoms with Gasteiger partial charge in [-0.3, -0.25) is 4.79 Å². The summed E-state index contributed by atoms with van der Waals surface area (Å²) in [4.78, 5) is 23.3. The van der Waals surface area contributed by atoms with Crippen LogP contribution in [-0.4, -0.2) is 49.3 Å². The van der Waals surface area contributed by atoms with Crippen molar-refractivity contribution in [3.63, 3.8) is 0 Å². The molecular formula is C18H18N4O3S. The summed E-state index contributed by atoms with van der Waals surface area (Å²) in [5, 5.41) is 0.718. The molecule has 3 aromatic rings. The number of amides is 1. The Morgan fingerprint density at radius 3 is 2.81 bits per heavy atom. The number of ether oxygens (including phenoxy) is 2. The number of rotatable bonds is 4. The number of carbonyl (C=O) groups is 1. The Morgan fingerprint density at radius 2 is 2.08 bits per heavy atom. The van der Waals surface area contributed by atoms with Gasteiger partial charge in [-0.1, -0.05) is 18.2 Å². The van der Waals surface area contributed by atoms with E-state index >= 15 is 0 Å². The van der Waals surface area contributed by atoms with Crippen molar-refractivity contribution in [3.8, 4) is 16.3 Å². The van der Waals surface area contributed by atoms with E-state index in [1.807, 2.05) is 12.1 Å². The van der Waals surface area contributed by atoms with Gasteiger partial charge in [0.1, 0.15) is 21.0 Å². The highest BCUT2D eigenvalue weighted by Crippen LogP contribution is 2.40.